The third kappa shape index (κ3) is 8.83. The van der Waals surface area contributed by atoms with E-state index in [1.807, 2.05) is 32.9 Å². The fourth-order valence-corrected chi connectivity index (χ4v) is 4.04. The Morgan fingerprint density at radius 3 is 1.74 bits per heavy atom. The van der Waals surface area contributed by atoms with E-state index in [0.29, 0.717) is 6.42 Å². The quantitative estimate of drug-likeness (QED) is 0.258. The van der Waals surface area contributed by atoms with Gasteiger partial charge in [0.1, 0.15) is 11.5 Å². The molecule has 2 N–H and O–H groups in total. The molecule has 0 radical (unpaired) electrons. The average molecular weight is 483 g/mol. The summed E-state index contributed by atoms with van der Waals surface area (Å²) >= 11 is 0. The molecule has 4 nitrogen and oxygen atoms in total. The van der Waals surface area contributed by atoms with Gasteiger partial charge in [-0.05, 0) is 86.5 Å². The Morgan fingerprint density at radius 2 is 1.34 bits per heavy atom. The van der Waals surface area contributed by atoms with Gasteiger partial charge in [-0.15, -0.1) is 0 Å². The van der Waals surface area contributed by atoms with Gasteiger partial charge in [0.15, 0.2) is 11.6 Å². The minimum Gasteiger partial charge on any atom is -0.510 e. The van der Waals surface area contributed by atoms with Gasteiger partial charge in [0.05, 0.1) is 11.0 Å². The second-order valence-electron chi connectivity index (χ2n) is 10.5. The van der Waals surface area contributed by atoms with Crippen LogP contribution >= 0.6 is 0 Å². The Hall–Kier alpha value is -2.62. The van der Waals surface area contributed by atoms with Gasteiger partial charge in [-0.2, -0.15) is 0 Å². The average Bonchev–Trinajstić information content (AvgIpc) is 2.77. The number of aliphatic hydroxyl groups excluding tert-OH is 2. The normalized spacial score (nSPS) is 17.1. The molecule has 1 aliphatic carbocycles. The summed E-state index contributed by atoms with van der Waals surface area (Å²) in [6.45, 7) is 16.0. The zero-order valence-electron chi connectivity index (χ0n) is 23.1. The number of allylic oxidation sites excluding steroid dienone is 11. The molecule has 35 heavy (non-hydrogen) atoms. The van der Waals surface area contributed by atoms with Crippen LogP contribution in [0.3, 0.4) is 0 Å². The molecule has 0 spiro atoms. The van der Waals surface area contributed by atoms with E-state index in [1.54, 1.807) is 6.92 Å². The van der Waals surface area contributed by atoms with Crippen LogP contribution in [0.15, 0.2) is 69.8 Å². The number of Topliss-reactive ketones (excluding diaryl/α,β-unsaturated/α-hetero) is 1. The summed E-state index contributed by atoms with van der Waals surface area (Å²) < 4.78 is 0. The first kappa shape index (κ1) is 30.4. The van der Waals surface area contributed by atoms with Gasteiger partial charge in [-0.25, -0.2) is 0 Å². The van der Waals surface area contributed by atoms with Crippen molar-refractivity contribution < 1.29 is 19.8 Å². The Morgan fingerprint density at radius 1 is 0.886 bits per heavy atom. The van der Waals surface area contributed by atoms with Crippen molar-refractivity contribution in [1.82, 2.24) is 0 Å². The molecular weight excluding hydrogens is 436 g/mol. The number of ketones is 2. The first-order valence-electron chi connectivity index (χ1n) is 12.9. The first-order valence-corrected chi connectivity index (χ1v) is 12.9. The maximum absolute atomic E-state index is 13.4. The van der Waals surface area contributed by atoms with Crippen molar-refractivity contribution in [3.63, 3.8) is 0 Å². The maximum atomic E-state index is 13.4. The molecule has 0 saturated carbocycles. The molecule has 0 saturated heterocycles. The summed E-state index contributed by atoms with van der Waals surface area (Å²) in [6.07, 6.45) is 14.2. The van der Waals surface area contributed by atoms with Gasteiger partial charge >= 0.3 is 0 Å². The van der Waals surface area contributed by atoms with Gasteiger partial charge in [-0.3, -0.25) is 9.59 Å². The highest BCUT2D eigenvalue weighted by Gasteiger charge is 2.46. The lowest BCUT2D eigenvalue weighted by molar-refractivity contribution is -0.124. The van der Waals surface area contributed by atoms with Crippen molar-refractivity contribution in [3.05, 3.63) is 69.8 Å². The maximum Gasteiger partial charge on any atom is 0.173 e. The van der Waals surface area contributed by atoms with E-state index in [9.17, 15) is 19.8 Å². The molecule has 0 bridgehead atoms. The Bertz CT molecular complexity index is 918. The molecule has 194 valence electrons. The Labute approximate surface area is 212 Å². The predicted octanol–water partition coefficient (Wildman–Crippen LogP) is 8.59. The monoisotopic (exact) mass is 482 g/mol. The van der Waals surface area contributed by atoms with Crippen LogP contribution < -0.4 is 0 Å². The van der Waals surface area contributed by atoms with E-state index in [-0.39, 0.29) is 41.7 Å². The van der Waals surface area contributed by atoms with Gasteiger partial charge in [0, 0.05) is 12.0 Å². The van der Waals surface area contributed by atoms with Gasteiger partial charge in [-0.1, -0.05) is 60.4 Å². The molecule has 1 rings (SSSR count). The first-order chi connectivity index (χ1) is 16.3. The van der Waals surface area contributed by atoms with Crippen molar-refractivity contribution >= 4 is 11.6 Å². The predicted molar refractivity (Wildman–Crippen MR) is 146 cm³/mol. The summed E-state index contributed by atoms with van der Waals surface area (Å²) in [6, 6.07) is 0. The number of carbonyl (C=O) groups is 2. The topological polar surface area (TPSA) is 74.6 Å². The van der Waals surface area contributed by atoms with Crippen LogP contribution in [0.4, 0.5) is 0 Å². The SMILES string of the molecule is CCC(C)C(=O)C1=C(O)C(C/C=C(\C)CCC=C(C)C)(C/C=C(\C)CCC=C(C)C)C(=O)C=C1O. The second kappa shape index (κ2) is 14.1. The van der Waals surface area contributed by atoms with Crippen LogP contribution in [-0.2, 0) is 9.59 Å². The van der Waals surface area contributed by atoms with Crippen molar-refractivity contribution in [3.8, 4) is 0 Å². The van der Waals surface area contributed by atoms with Crippen molar-refractivity contribution in [2.24, 2.45) is 11.3 Å². The molecule has 1 aliphatic rings. The third-order valence-corrected chi connectivity index (χ3v) is 6.77. The van der Waals surface area contributed by atoms with Crippen LogP contribution in [0.25, 0.3) is 0 Å². The molecule has 0 aromatic heterocycles. The smallest absolute Gasteiger partial charge is 0.173 e. The lowest BCUT2D eigenvalue weighted by Crippen LogP contribution is -2.37. The zero-order chi connectivity index (χ0) is 26.8. The second-order valence-corrected chi connectivity index (χ2v) is 10.5. The zero-order valence-corrected chi connectivity index (χ0v) is 23.1. The van der Waals surface area contributed by atoms with Gasteiger partial charge in [0.2, 0.25) is 0 Å². The van der Waals surface area contributed by atoms with Crippen molar-refractivity contribution in [1.29, 1.82) is 0 Å². The van der Waals surface area contributed by atoms with E-state index in [0.717, 1.165) is 42.9 Å². The number of carbonyl (C=O) groups excluding carboxylic acids is 2. The van der Waals surface area contributed by atoms with Crippen molar-refractivity contribution in [2.45, 2.75) is 100 Å². The fraction of sp³-hybridized carbons (Fsp3) is 0.548. The minimum absolute atomic E-state index is 0.106. The lowest BCUT2D eigenvalue weighted by atomic mass is 9.69. The van der Waals surface area contributed by atoms with Crippen LogP contribution in [0, 0.1) is 11.3 Å². The van der Waals surface area contributed by atoms with Gasteiger partial charge in [0.25, 0.3) is 0 Å². The van der Waals surface area contributed by atoms with E-state index in [2.05, 4.69) is 39.8 Å². The van der Waals surface area contributed by atoms with Crippen LogP contribution in [0.5, 0.6) is 0 Å². The number of hydrogen-bond acceptors (Lipinski definition) is 4. The molecule has 0 amide bonds. The standard InChI is InChI=1S/C31H46O4/c1-9-25(8)29(34)28-26(32)20-27(33)31(30(28)35,18-16-23(6)14-10-12-21(2)3)19-17-24(7)15-11-13-22(4)5/h12-13,16-17,20,25,32,35H,9-11,14-15,18-19H2,1-8H3/b23-16+,24-17+. The molecule has 0 heterocycles. The summed E-state index contributed by atoms with van der Waals surface area (Å²) in [5.74, 6) is -1.79. The molecule has 1 unspecified atom stereocenters. The molecule has 4 heteroatoms. The molecule has 0 fully saturated rings. The Kier molecular flexibility index (Phi) is 12.2. The summed E-state index contributed by atoms with van der Waals surface area (Å²) in [4.78, 5) is 26.4. The van der Waals surface area contributed by atoms with E-state index in [1.165, 1.54) is 11.1 Å². The van der Waals surface area contributed by atoms with E-state index in [4.69, 9.17) is 0 Å². The van der Waals surface area contributed by atoms with Crippen LogP contribution in [0.1, 0.15) is 100 Å². The minimum atomic E-state index is -1.29. The fourth-order valence-electron chi connectivity index (χ4n) is 4.04. The van der Waals surface area contributed by atoms with E-state index < -0.39 is 11.2 Å². The third-order valence-electron chi connectivity index (χ3n) is 6.77. The van der Waals surface area contributed by atoms with Gasteiger partial charge < -0.3 is 10.2 Å². The highest BCUT2D eigenvalue weighted by atomic mass is 16.3. The largest absolute Gasteiger partial charge is 0.510 e. The molecule has 0 aliphatic heterocycles. The van der Waals surface area contributed by atoms with Crippen LogP contribution in [-0.4, -0.2) is 21.8 Å². The molecular formula is C31H46O4. The summed E-state index contributed by atoms with van der Waals surface area (Å²) in [5.41, 5.74) is 3.38. The summed E-state index contributed by atoms with van der Waals surface area (Å²) in [5, 5.41) is 21.9. The van der Waals surface area contributed by atoms with E-state index >= 15 is 0 Å². The Balaban J connectivity index is 3.45. The highest BCUT2D eigenvalue weighted by molar-refractivity contribution is 6.08. The van der Waals surface area contributed by atoms with Crippen LogP contribution in [0.2, 0.25) is 0 Å². The highest BCUT2D eigenvalue weighted by Crippen LogP contribution is 2.44. The number of hydrogen-bond donors (Lipinski definition) is 2. The molecule has 1 atom stereocenters. The number of rotatable bonds is 13. The molecule has 0 aromatic rings. The molecule has 0 aromatic carbocycles. The van der Waals surface area contributed by atoms with Crippen molar-refractivity contribution in [2.75, 3.05) is 0 Å². The summed E-state index contributed by atoms with van der Waals surface area (Å²) in [7, 11) is 0. The number of aliphatic hydroxyl groups is 2. The lowest BCUT2D eigenvalue weighted by Gasteiger charge is -2.34.